The van der Waals surface area contributed by atoms with E-state index in [1.54, 1.807) is 6.07 Å². The lowest BCUT2D eigenvalue weighted by Crippen LogP contribution is -2.47. The van der Waals surface area contributed by atoms with Gasteiger partial charge in [0.1, 0.15) is 12.2 Å². The van der Waals surface area contributed by atoms with Crippen LogP contribution in [0.2, 0.25) is 0 Å². The average Bonchev–Trinajstić information content (AvgIpc) is 3.27. The fourth-order valence-electron chi connectivity index (χ4n) is 4.65. The molecule has 5 rings (SSSR count). The maximum Gasteiger partial charge on any atom is 0.267 e. The Morgan fingerprint density at radius 3 is 2.50 bits per heavy atom. The van der Waals surface area contributed by atoms with Gasteiger partial charge in [0.05, 0.1) is 11.4 Å². The first-order valence-corrected chi connectivity index (χ1v) is 10.9. The number of hydrogen-bond donors (Lipinski definition) is 0. The van der Waals surface area contributed by atoms with Crippen molar-refractivity contribution < 1.29 is 4.79 Å². The monoisotopic (exact) mass is 427 g/mol. The highest BCUT2D eigenvalue weighted by Gasteiger charge is 2.40. The van der Waals surface area contributed by atoms with E-state index >= 15 is 0 Å². The number of piperidine rings is 1. The summed E-state index contributed by atoms with van der Waals surface area (Å²) in [6, 6.07) is 19.5. The van der Waals surface area contributed by atoms with Gasteiger partial charge in [-0.25, -0.2) is 9.67 Å². The van der Waals surface area contributed by atoms with Crippen molar-refractivity contribution in [1.29, 1.82) is 0 Å². The van der Waals surface area contributed by atoms with E-state index in [9.17, 15) is 9.59 Å². The molecule has 0 N–H and O–H groups in total. The minimum atomic E-state index is -0.261. The number of rotatable bonds is 4. The summed E-state index contributed by atoms with van der Waals surface area (Å²) >= 11 is 0. The number of hydrogen-bond acceptors (Lipinski definition) is 4. The van der Waals surface area contributed by atoms with Crippen LogP contribution in [0.1, 0.15) is 29.8 Å². The zero-order chi connectivity index (χ0) is 22.1. The summed E-state index contributed by atoms with van der Waals surface area (Å²) in [5, 5.41) is 4.20. The number of pyridine rings is 1. The quantitative estimate of drug-likeness (QED) is 0.502. The maximum absolute atomic E-state index is 13.0. The molecule has 0 atom stereocenters. The zero-order valence-corrected chi connectivity index (χ0v) is 18.0. The van der Waals surface area contributed by atoms with Crippen LogP contribution in [0.4, 0.5) is 0 Å². The van der Waals surface area contributed by atoms with Gasteiger partial charge in [0, 0.05) is 37.0 Å². The summed E-state index contributed by atoms with van der Waals surface area (Å²) in [6.07, 6.45) is 5.65. The van der Waals surface area contributed by atoms with E-state index in [4.69, 9.17) is 4.98 Å². The van der Waals surface area contributed by atoms with Crippen LogP contribution in [0, 0.1) is 6.92 Å². The summed E-state index contributed by atoms with van der Waals surface area (Å²) in [6.45, 7) is 2.97. The van der Waals surface area contributed by atoms with Gasteiger partial charge in [-0.2, -0.15) is 5.10 Å². The first-order valence-electron chi connectivity index (χ1n) is 10.9. The van der Waals surface area contributed by atoms with Crippen molar-refractivity contribution in [3.8, 4) is 0 Å². The van der Waals surface area contributed by atoms with Crippen molar-refractivity contribution in [2.75, 3.05) is 13.1 Å². The van der Waals surface area contributed by atoms with Crippen molar-refractivity contribution in [3.05, 3.63) is 100 Å². The summed E-state index contributed by atoms with van der Waals surface area (Å²) < 4.78 is 3.30. The molecule has 3 aromatic heterocycles. The van der Waals surface area contributed by atoms with E-state index in [1.807, 2.05) is 46.7 Å². The number of benzene rings is 1. The molecule has 1 amide bonds. The lowest BCUT2D eigenvalue weighted by molar-refractivity contribution is -0.133. The second kappa shape index (κ2) is 8.07. The first-order chi connectivity index (χ1) is 15.5. The third kappa shape index (κ3) is 3.60. The van der Waals surface area contributed by atoms with Gasteiger partial charge >= 0.3 is 0 Å². The van der Waals surface area contributed by atoms with Crippen molar-refractivity contribution in [2.24, 2.45) is 0 Å². The molecule has 7 nitrogen and oxygen atoms in total. The Bertz CT molecular complexity index is 1280. The molecule has 1 aliphatic heterocycles. The van der Waals surface area contributed by atoms with Crippen LogP contribution < -0.4 is 5.56 Å². The number of fused-ring (bicyclic) bond motifs is 1. The lowest BCUT2D eigenvalue weighted by atomic mass is 9.70. The Labute approximate surface area is 185 Å². The van der Waals surface area contributed by atoms with Gasteiger partial charge in [-0.15, -0.1) is 0 Å². The number of carbonyl (C=O) groups is 1. The maximum atomic E-state index is 13.0. The molecule has 0 aliphatic carbocycles. The van der Waals surface area contributed by atoms with Crippen LogP contribution in [-0.2, 0) is 16.8 Å². The summed E-state index contributed by atoms with van der Waals surface area (Å²) in [5.74, 6) is -0.0816. The third-order valence-corrected chi connectivity index (χ3v) is 6.44. The van der Waals surface area contributed by atoms with E-state index in [1.165, 1.54) is 16.3 Å². The molecule has 0 radical (unpaired) electrons. The Balaban J connectivity index is 1.42. The van der Waals surface area contributed by atoms with Crippen LogP contribution in [0.3, 0.4) is 0 Å². The van der Waals surface area contributed by atoms with Gasteiger partial charge in [-0.1, -0.05) is 36.4 Å². The fourth-order valence-corrected chi connectivity index (χ4v) is 4.65. The highest BCUT2D eigenvalue weighted by atomic mass is 16.2. The van der Waals surface area contributed by atoms with Crippen LogP contribution in [0.25, 0.3) is 5.65 Å². The predicted molar refractivity (Wildman–Crippen MR) is 121 cm³/mol. The zero-order valence-electron chi connectivity index (χ0n) is 18.0. The molecule has 32 heavy (non-hydrogen) atoms. The van der Waals surface area contributed by atoms with Gasteiger partial charge in [-0.3, -0.25) is 9.59 Å². The summed E-state index contributed by atoms with van der Waals surface area (Å²) in [5.41, 5.74) is 3.35. The molecule has 0 spiro atoms. The second-order valence-electron chi connectivity index (χ2n) is 8.39. The van der Waals surface area contributed by atoms with Crippen molar-refractivity contribution >= 4 is 11.6 Å². The Morgan fingerprint density at radius 2 is 1.75 bits per heavy atom. The highest BCUT2D eigenvalue weighted by molar-refractivity contribution is 5.76. The molecule has 0 bridgehead atoms. The van der Waals surface area contributed by atoms with Gasteiger partial charge in [0.25, 0.3) is 5.56 Å². The first kappa shape index (κ1) is 20.2. The highest BCUT2D eigenvalue weighted by Crippen LogP contribution is 2.41. The van der Waals surface area contributed by atoms with Crippen LogP contribution in [0.5, 0.6) is 0 Å². The van der Waals surface area contributed by atoms with E-state index in [0.29, 0.717) is 18.8 Å². The molecule has 7 heteroatoms. The second-order valence-corrected chi connectivity index (χ2v) is 8.39. The van der Waals surface area contributed by atoms with E-state index in [-0.39, 0.29) is 23.4 Å². The van der Waals surface area contributed by atoms with E-state index in [2.05, 4.69) is 35.6 Å². The van der Waals surface area contributed by atoms with Gasteiger partial charge in [0.15, 0.2) is 0 Å². The Hall–Kier alpha value is -3.74. The molecule has 1 fully saturated rings. The molecule has 4 aromatic rings. The topological polar surface area (TPSA) is 72.5 Å². The number of carbonyl (C=O) groups excluding carboxylic acids is 1. The van der Waals surface area contributed by atoms with E-state index in [0.717, 1.165) is 24.2 Å². The molecule has 0 saturated carbocycles. The smallest absolute Gasteiger partial charge is 0.267 e. The normalized spacial score (nSPS) is 15.7. The fraction of sp³-hybridized carbons (Fsp3) is 0.280. The van der Waals surface area contributed by atoms with Crippen molar-refractivity contribution in [3.63, 3.8) is 0 Å². The van der Waals surface area contributed by atoms with Gasteiger partial charge in [-0.05, 0) is 43.5 Å². The summed E-state index contributed by atoms with van der Waals surface area (Å²) in [4.78, 5) is 31.8. The summed E-state index contributed by atoms with van der Waals surface area (Å²) in [7, 11) is 0. The van der Waals surface area contributed by atoms with Crippen LogP contribution in [0.15, 0.2) is 77.9 Å². The molecular weight excluding hydrogens is 402 g/mol. The standard InChI is InChI=1S/C25H25N5O2/c1-19-10-11-23(31)30(27-19)18-24(32)28-15-12-25(13-16-28,20-7-3-2-4-8-20)21-17-29-14-6-5-9-22(29)26-21/h2-11,14,17H,12-13,15-16,18H2,1H3. The third-order valence-electron chi connectivity index (χ3n) is 6.44. The van der Waals surface area contributed by atoms with Crippen molar-refractivity contribution in [2.45, 2.75) is 31.7 Å². The SMILES string of the molecule is Cc1ccc(=O)n(CC(=O)N2CCC(c3ccccc3)(c3cn4ccccc4n3)CC2)n1. The number of likely N-dealkylation sites (tertiary alicyclic amines) is 1. The van der Waals surface area contributed by atoms with E-state index < -0.39 is 0 Å². The van der Waals surface area contributed by atoms with Gasteiger partial charge in [0.2, 0.25) is 5.91 Å². The molecular formula is C25H25N5O2. The number of imidazole rings is 1. The van der Waals surface area contributed by atoms with Crippen LogP contribution >= 0.6 is 0 Å². The number of amides is 1. The number of nitrogens with zero attached hydrogens (tertiary/aromatic N) is 5. The molecule has 162 valence electrons. The van der Waals surface area contributed by atoms with Crippen LogP contribution in [-0.4, -0.2) is 43.1 Å². The average molecular weight is 428 g/mol. The minimum absolute atomic E-state index is 0.0345. The number of aromatic nitrogens is 4. The minimum Gasteiger partial charge on any atom is -0.341 e. The Morgan fingerprint density at radius 1 is 1.00 bits per heavy atom. The van der Waals surface area contributed by atoms with Gasteiger partial charge < -0.3 is 9.30 Å². The molecule has 1 aliphatic rings. The lowest BCUT2D eigenvalue weighted by Gasteiger charge is -2.41. The molecule has 1 aromatic carbocycles. The Kier molecular flexibility index (Phi) is 5.09. The number of aryl methyl sites for hydroxylation is 1. The molecule has 0 unspecified atom stereocenters. The molecule has 4 heterocycles. The predicted octanol–water partition coefficient (Wildman–Crippen LogP) is 2.81. The van der Waals surface area contributed by atoms with Crippen molar-refractivity contribution in [1.82, 2.24) is 24.1 Å². The largest absolute Gasteiger partial charge is 0.341 e. The molecule has 1 saturated heterocycles.